The molecule has 0 radical (unpaired) electrons. The molecule has 4 rings (SSSR count). The Kier molecular flexibility index (Phi) is 14.4. The molecule has 0 saturated carbocycles. The molecular weight excluding hydrogens is 700 g/mol. The number of hydrogen-bond donors (Lipinski definition) is 0. The molecule has 52 heavy (non-hydrogen) atoms. The van der Waals surface area contributed by atoms with Gasteiger partial charge in [-0.25, -0.2) is 0 Å². The van der Waals surface area contributed by atoms with Crippen LogP contribution in [0.1, 0.15) is 73.7 Å². The smallest absolute Gasteiger partial charge is 0.303 e. The van der Waals surface area contributed by atoms with Gasteiger partial charge in [0.2, 0.25) is 0 Å². The number of carbonyl (C=O) groups is 4. The molecule has 15 nitrogen and oxygen atoms in total. The van der Waals surface area contributed by atoms with Gasteiger partial charge in [-0.3, -0.25) is 19.2 Å². The summed E-state index contributed by atoms with van der Waals surface area (Å²) in [6, 6.07) is 9.48. The summed E-state index contributed by atoms with van der Waals surface area (Å²) in [5, 5.41) is -0.246. The molecule has 1 aromatic rings. The van der Waals surface area contributed by atoms with Crippen molar-refractivity contribution in [1.82, 2.24) is 0 Å². The molecule has 3 fully saturated rings. The van der Waals surface area contributed by atoms with E-state index in [1.54, 1.807) is 0 Å². The van der Waals surface area contributed by atoms with Gasteiger partial charge in [-0.1, -0.05) is 58.0 Å². The third-order valence-corrected chi connectivity index (χ3v) is 13.8. The first-order valence-corrected chi connectivity index (χ1v) is 20.6. The van der Waals surface area contributed by atoms with Crippen molar-refractivity contribution in [3.63, 3.8) is 0 Å². The molecule has 3 aliphatic heterocycles. The van der Waals surface area contributed by atoms with E-state index >= 15 is 0 Å². The van der Waals surface area contributed by atoms with Crippen molar-refractivity contribution in [3.8, 4) is 0 Å². The van der Waals surface area contributed by atoms with E-state index in [2.05, 4.69) is 33.9 Å². The Bertz CT molecular complexity index is 1370. The average molecular weight is 755 g/mol. The zero-order valence-corrected chi connectivity index (χ0v) is 32.7. The fraction of sp³-hybridized carbons (Fsp3) is 0.722. The van der Waals surface area contributed by atoms with Gasteiger partial charge in [-0.05, 0) is 24.6 Å². The maximum Gasteiger partial charge on any atom is 0.303 e. The highest BCUT2D eigenvalue weighted by Gasteiger charge is 2.58. The third kappa shape index (κ3) is 10.6. The Labute approximate surface area is 306 Å². The van der Waals surface area contributed by atoms with Gasteiger partial charge in [-0.2, -0.15) is 0 Å². The molecule has 0 amide bonds. The molecule has 3 saturated heterocycles. The zero-order chi connectivity index (χ0) is 38.4. The van der Waals surface area contributed by atoms with E-state index in [-0.39, 0.29) is 11.6 Å². The minimum atomic E-state index is -2.61. The summed E-state index contributed by atoms with van der Waals surface area (Å²) in [6.07, 6.45) is -11.4. The summed E-state index contributed by atoms with van der Waals surface area (Å²) in [7, 11) is -2.61. The van der Waals surface area contributed by atoms with Gasteiger partial charge in [0.05, 0.1) is 6.61 Å². The molecule has 16 heteroatoms. The number of rotatable bonds is 13. The summed E-state index contributed by atoms with van der Waals surface area (Å²) in [4.78, 5) is 49.2. The monoisotopic (exact) mass is 754 g/mol. The lowest BCUT2D eigenvalue weighted by Crippen LogP contribution is -2.69. The molecule has 11 atom stereocenters. The largest absolute Gasteiger partial charge is 0.463 e. The van der Waals surface area contributed by atoms with Gasteiger partial charge in [0.1, 0.15) is 37.1 Å². The molecule has 0 bridgehead atoms. The standard InChI is InChI=1S/C36H54O15Si/c1-11-17-41-34-32(30(51-52(9,10)36(6,7)8)28-26(47-34)19-43-33(49-28)24-15-13-12-14-16-24)50-35-31(46-23(5)40)29(45-22(4)39)27(44-21(3)38)25(48-35)18-42-20(2)37/h12-16,25-35H,11,17-19H2,1-10H3/t25-,26-,27+,28-,29+,30+,31-,32-,33?,34+,35+/m1/s1. The first-order chi connectivity index (χ1) is 24.4. The van der Waals surface area contributed by atoms with E-state index in [9.17, 15) is 19.2 Å². The van der Waals surface area contributed by atoms with Crippen LogP contribution in [0.4, 0.5) is 0 Å². The number of benzene rings is 1. The molecule has 0 aromatic heterocycles. The van der Waals surface area contributed by atoms with Crippen molar-refractivity contribution in [1.29, 1.82) is 0 Å². The van der Waals surface area contributed by atoms with Crippen molar-refractivity contribution >= 4 is 32.2 Å². The Morgan fingerprint density at radius 3 is 1.96 bits per heavy atom. The van der Waals surface area contributed by atoms with Crippen molar-refractivity contribution < 1.29 is 71.0 Å². The van der Waals surface area contributed by atoms with E-state index in [0.29, 0.717) is 13.0 Å². The Balaban J connectivity index is 1.82. The first kappa shape index (κ1) is 41.8. The molecule has 292 valence electrons. The Morgan fingerprint density at radius 1 is 0.769 bits per heavy atom. The van der Waals surface area contributed by atoms with Crippen LogP contribution >= 0.6 is 0 Å². The van der Waals surface area contributed by atoms with E-state index in [0.717, 1.165) is 26.3 Å². The lowest BCUT2D eigenvalue weighted by Gasteiger charge is -2.53. The van der Waals surface area contributed by atoms with E-state index in [1.165, 1.54) is 6.92 Å². The van der Waals surface area contributed by atoms with E-state index in [1.807, 2.05) is 37.3 Å². The van der Waals surface area contributed by atoms with Crippen LogP contribution in [0.15, 0.2) is 30.3 Å². The fourth-order valence-electron chi connectivity index (χ4n) is 5.94. The predicted molar refractivity (Wildman–Crippen MR) is 184 cm³/mol. The summed E-state index contributed by atoms with van der Waals surface area (Å²) < 4.78 is 67.9. The highest BCUT2D eigenvalue weighted by molar-refractivity contribution is 6.74. The Hall–Kier alpha value is -2.96. The van der Waals surface area contributed by atoms with E-state index in [4.69, 9.17) is 51.8 Å². The van der Waals surface area contributed by atoms with Gasteiger partial charge in [0.15, 0.2) is 45.5 Å². The number of ether oxygens (including phenoxy) is 10. The number of esters is 4. The fourth-order valence-corrected chi connectivity index (χ4v) is 7.25. The van der Waals surface area contributed by atoms with Crippen molar-refractivity contribution in [2.75, 3.05) is 19.8 Å². The highest BCUT2D eigenvalue weighted by atomic mass is 28.4. The predicted octanol–water partition coefficient (Wildman–Crippen LogP) is 4.11. The molecule has 3 aliphatic rings. The van der Waals surface area contributed by atoms with Crippen LogP contribution in [0.2, 0.25) is 18.1 Å². The molecule has 0 spiro atoms. The molecular formula is C36H54O15Si. The van der Waals surface area contributed by atoms with Gasteiger partial charge in [0, 0.05) is 39.9 Å². The Morgan fingerprint density at radius 2 is 1.38 bits per heavy atom. The quantitative estimate of drug-likeness (QED) is 0.160. The van der Waals surface area contributed by atoms with E-state index < -0.39 is 107 Å². The molecule has 3 heterocycles. The average Bonchev–Trinajstić information content (AvgIpc) is 3.05. The molecule has 0 aliphatic carbocycles. The van der Waals surface area contributed by atoms with Crippen molar-refractivity contribution in [2.45, 2.75) is 148 Å². The minimum absolute atomic E-state index is 0.166. The number of fused-ring (bicyclic) bond motifs is 1. The lowest BCUT2D eigenvalue weighted by molar-refractivity contribution is -0.391. The van der Waals surface area contributed by atoms with Crippen molar-refractivity contribution in [3.05, 3.63) is 35.9 Å². The second-order valence-electron chi connectivity index (χ2n) is 14.6. The maximum atomic E-state index is 12.6. The van der Waals surface area contributed by atoms with Crippen LogP contribution in [0.25, 0.3) is 0 Å². The van der Waals surface area contributed by atoms with Gasteiger partial charge < -0.3 is 51.8 Å². The van der Waals surface area contributed by atoms with Crippen LogP contribution in [0.5, 0.6) is 0 Å². The zero-order valence-electron chi connectivity index (χ0n) is 31.7. The van der Waals surface area contributed by atoms with Gasteiger partial charge in [-0.15, -0.1) is 0 Å². The lowest BCUT2D eigenvalue weighted by atomic mass is 9.96. The summed E-state index contributed by atoms with van der Waals surface area (Å²) in [6.45, 7) is 17.2. The van der Waals surface area contributed by atoms with Gasteiger partial charge >= 0.3 is 23.9 Å². The highest BCUT2D eigenvalue weighted by Crippen LogP contribution is 2.44. The summed E-state index contributed by atoms with van der Waals surface area (Å²) >= 11 is 0. The van der Waals surface area contributed by atoms with Gasteiger partial charge in [0.25, 0.3) is 0 Å². The first-order valence-electron chi connectivity index (χ1n) is 17.6. The van der Waals surface area contributed by atoms with Crippen LogP contribution in [-0.4, -0.2) is 113 Å². The van der Waals surface area contributed by atoms with Crippen LogP contribution < -0.4 is 0 Å². The van der Waals surface area contributed by atoms with Crippen molar-refractivity contribution in [2.24, 2.45) is 0 Å². The number of carbonyl (C=O) groups excluding carboxylic acids is 4. The number of hydrogen-bond acceptors (Lipinski definition) is 15. The van der Waals surface area contributed by atoms with Crippen LogP contribution in [0, 0.1) is 0 Å². The normalized spacial score (nSPS) is 32.2. The topological polar surface area (TPSA) is 170 Å². The third-order valence-electron chi connectivity index (χ3n) is 9.32. The molecule has 1 aromatic carbocycles. The van der Waals surface area contributed by atoms with Crippen LogP contribution in [-0.2, 0) is 71.0 Å². The SMILES string of the molecule is CCCO[C@H]1O[C@@H]2COC(c3ccccc3)O[C@H]2[C@H](O[Si](C)(C)C(C)(C)C)[C@H]1O[C@@H]1O[C@H](COC(C)=O)[C@H](OC(C)=O)[C@H](OC(C)=O)[C@H]1OC(C)=O. The maximum absolute atomic E-state index is 12.6. The molecule has 0 N–H and O–H groups in total. The second kappa shape index (κ2) is 17.9. The summed E-state index contributed by atoms with van der Waals surface area (Å²) in [5.41, 5.74) is 0.799. The summed E-state index contributed by atoms with van der Waals surface area (Å²) in [5.74, 6) is -2.90. The second-order valence-corrected chi connectivity index (χ2v) is 19.4. The van der Waals surface area contributed by atoms with Crippen LogP contribution in [0.3, 0.4) is 0 Å². The minimum Gasteiger partial charge on any atom is -0.463 e. The molecule has 1 unspecified atom stereocenters.